The third-order valence-corrected chi connectivity index (χ3v) is 7.27. The molecule has 4 heteroatoms. The van der Waals surface area contributed by atoms with E-state index in [0.29, 0.717) is 6.04 Å². The van der Waals surface area contributed by atoms with Crippen LogP contribution in [-0.4, -0.2) is 35.6 Å². The highest BCUT2D eigenvalue weighted by molar-refractivity contribution is 8.03. The molecule has 0 amide bonds. The molecule has 2 fully saturated rings. The van der Waals surface area contributed by atoms with E-state index in [1.165, 1.54) is 35.9 Å². The molecule has 1 nitrogen and oxygen atoms in total. The Kier molecular flexibility index (Phi) is 5.52. The number of hydrogen-bond acceptors (Lipinski definition) is 3. The minimum atomic E-state index is -0.0224. The number of nitrogens with one attached hydrogen (secondary N) is 1. The van der Waals surface area contributed by atoms with Crippen LogP contribution in [0.15, 0.2) is 24.3 Å². The fraction of sp³-hybridized carbons (Fsp3) is 0.647. The van der Waals surface area contributed by atoms with Gasteiger partial charge in [0.1, 0.15) is 5.82 Å². The highest BCUT2D eigenvalue weighted by atomic mass is 32.2. The highest BCUT2D eigenvalue weighted by Crippen LogP contribution is 2.41. The Morgan fingerprint density at radius 3 is 2.43 bits per heavy atom. The lowest BCUT2D eigenvalue weighted by molar-refractivity contribution is 0.375. The molecule has 0 unspecified atom stereocenters. The zero-order chi connectivity index (χ0) is 14.5. The SMILES string of the molecule is Fc1ccccc1C1(CNC2CSCCSC2)CCCC1. The summed E-state index contributed by atoms with van der Waals surface area (Å²) in [6.07, 6.45) is 4.69. The van der Waals surface area contributed by atoms with Gasteiger partial charge in [0.2, 0.25) is 0 Å². The van der Waals surface area contributed by atoms with Crippen molar-refractivity contribution in [2.24, 2.45) is 0 Å². The monoisotopic (exact) mass is 325 g/mol. The lowest BCUT2D eigenvalue weighted by atomic mass is 9.78. The molecule has 1 aliphatic carbocycles. The summed E-state index contributed by atoms with van der Waals surface area (Å²) in [6, 6.07) is 7.97. The van der Waals surface area contributed by atoms with E-state index >= 15 is 0 Å². The van der Waals surface area contributed by atoms with Crippen LogP contribution < -0.4 is 5.32 Å². The molecule has 1 saturated carbocycles. The third kappa shape index (κ3) is 3.77. The molecule has 1 heterocycles. The van der Waals surface area contributed by atoms with E-state index in [-0.39, 0.29) is 11.2 Å². The van der Waals surface area contributed by atoms with E-state index in [4.69, 9.17) is 0 Å². The van der Waals surface area contributed by atoms with Crippen molar-refractivity contribution < 1.29 is 4.39 Å². The van der Waals surface area contributed by atoms with Gasteiger partial charge in [-0.05, 0) is 24.5 Å². The van der Waals surface area contributed by atoms with Gasteiger partial charge in [-0.3, -0.25) is 0 Å². The maximum absolute atomic E-state index is 14.3. The summed E-state index contributed by atoms with van der Waals surface area (Å²) < 4.78 is 14.3. The molecule has 2 aliphatic rings. The van der Waals surface area contributed by atoms with Gasteiger partial charge in [-0.25, -0.2) is 4.39 Å². The molecule has 1 N–H and O–H groups in total. The fourth-order valence-electron chi connectivity index (χ4n) is 3.56. The van der Waals surface area contributed by atoms with Crippen molar-refractivity contribution in [3.05, 3.63) is 35.6 Å². The summed E-state index contributed by atoms with van der Waals surface area (Å²) in [5.74, 6) is 4.90. The van der Waals surface area contributed by atoms with Crippen LogP contribution in [0.4, 0.5) is 4.39 Å². The van der Waals surface area contributed by atoms with E-state index in [1.807, 2.05) is 35.7 Å². The van der Waals surface area contributed by atoms with Crippen LogP contribution in [0.5, 0.6) is 0 Å². The normalized spacial score (nSPS) is 23.1. The van der Waals surface area contributed by atoms with Gasteiger partial charge in [0.15, 0.2) is 0 Å². The Balaban J connectivity index is 1.71. The molecule has 21 heavy (non-hydrogen) atoms. The molecule has 0 atom stereocenters. The maximum atomic E-state index is 14.3. The minimum absolute atomic E-state index is 0.0208. The van der Waals surface area contributed by atoms with E-state index in [0.717, 1.165) is 24.9 Å². The first-order valence-corrected chi connectivity index (χ1v) is 10.2. The first kappa shape index (κ1) is 15.7. The van der Waals surface area contributed by atoms with Crippen molar-refractivity contribution in [1.29, 1.82) is 0 Å². The standard InChI is InChI=1S/C17H24FNS2/c18-16-6-2-1-5-15(16)17(7-3-4-8-17)13-19-14-11-20-9-10-21-12-14/h1-2,5-6,14,19H,3-4,7-13H2. The van der Waals surface area contributed by atoms with Gasteiger partial charge >= 0.3 is 0 Å². The summed E-state index contributed by atoms with van der Waals surface area (Å²) in [5.41, 5.74) is 0.955. The third-order valence-electron chi connectivity index (χ3n) is 4.75. The maximum Gasteiger partial charge on any atom is 0.127 e. The largest absolute Gasteiger partial charge is 0.311 e. The Labute approximate surface area is 135 Å². The lowest BCUT2D eigenvalue weighted by Crippen LogP contribution is -2.43. The molecule has 0 spiro atoms. The molecule has 1 aliphatic heterocycles. The molecule has 116 valence electrons. The topological polar surface area (TPSA) is 12.0 Å². The van der Waals surface area contributed by atoms with Crippen LogP contribution in [0, 0.1) is 5.82 Å². The Bertz CT molecular complexity index is 452. The summed E-state index contributed by atoms with van der Waals surface area (Å²) >= 11 is 4.09. The van der Waals surface area contributed by atoms with Gasteiger partial charge < -0.3 is 5.32 Å². The molecular formula is C17H24FNS2. The van der Waals surface area contributed by atoms with E-state index in [2.05, 4.69) is 5.32 Å². The Hall–Kier alpha value is -0.190. The van der Waals surface area contributed by atoms with Gasteiger partial charge in [-0.2, -0.15) is 23.5 Å². The number of thioether (sulfide) groups is 2. The molecule has 3 rings (SSSR count). The quantitative estimate of drug-likeness (QED) is 0.896. The Morgan fingerprint density at radius 2 is 1.76 bits per heavy atom. The summed E-state index contributed by atoms with van der Waals surface area (Å²) in [5, 5.41) is 3.76. The van der Waals surface area contributed by atoms with Crippen molar-refractivity contribution in [2.75, 3.05) is 29.6 Å². The second-order valence-electron chi connectivity index (χ2n) is 6.19. The lowest BCUT2D eigenvalue weighted by Gasteiger charge is -2.32. The fourth-order valence-corrected chi connectivity index (χ4v) is 6.02. The van der Waals surface area contributed by atoms with E-state index in [9.17, 15) is 4.39 Å². The second-order valence-corrected chi connectivity index (χ2v) is 8.49. The van der Waals surface area contributed by atoms with Crippen molar-refractivity contribution in [1.82, 2.24) is 5.32 Å². The van der Waals surface area contributed by atoms with Crippen LogP contribution in [0.3, 0.4) is 0 Å². The van der Waals surface area contributed by atoms with E-state index in [1.54, 1.807) is 12.1 Å². The van der Waals surface area contributed by atoms with Gasteiger partial charge in [0.05, 0.1) is 0 Å². The average molecular weight is 326 g/mol. The Morgan fingerprint density at radius 1 is 1.10 bits per heavy atom. The molecule has 0 bridgehead atoms. The van der Waals surface area contributed by atoms with Crippen molar-refractivity contribution in [3.63, 3.8) is 0 Å². The summed E-state index contributed by atoms with van der Waals surface area (Å²) in [4.78, 5) is 0. The van der Waals surface area contributed by atoms with Gasteiger partial charge in [0.25, 0.3) is 0 Å². The zero-order valence-corrected chi connectivity index (χ0v) is 14.1. The van der Waals surface area contributed by atoms with E-state index < -0.39 is 0 Å². The van der Waals surface area contributed by atoms with Gasteiger partial charge in [0, 0.05) is 41.0 Å². The van der Waals surface area contributed by atoms with Crippen molar-refractivity contribution in [3.8, 4) is 0 Å². The second kappa shape index (κ2) is 7.38. The van der Waals surface area contributed by atoms with Crippen LogP contribution in [-0.2, 0) is 5.41 Å². The number of rotatable bonds is 4. The summed E-state index contributed by atoms with van der Waals surface area (Å²) in [6.45, 7) is 0.930. The predicted octanol–water partition coefficient (Wildman–Crippen LogP) is 4.08. The molecule has 1 aromatic carbocycles. The number of halogens is 1. The molecule has 1 aromatic rings. The smallest absolute Gasteiger partial charge is 0.127 e. The number of benzene rings is 1. The predicted molar refractivity (Wildman–Crippen MR) is 93.0 cm³/mol. The molecular weight excluding hydrogens is 301 g/mol. The van der Waals surface area contributed by atoms with Crippen LogP contribution in [0.1, 0.15) is 31.2 Å². The molecule has 0 aromatic heterocycles. The number of hydrogen-bond donors (Lipinski definition) is 1. The van der Waals surface area contributed by atoms with Crippen LogP contribution in [0.25, 0.3) is 0 Å². The molecule has 0 radical (unpaired) electrons. The first-order valence-electron chi connectivity index (χ1n) is 7.94. The first-order chi connectivity index (χ1) is 10.3. The average Bonchev–Trinajstić information content (AvgIpc) is 2.82. The van der Waals surface area contributed by atoms with Gasteiger partial charge in [-0.15, -0.1) is 0 Å². The zero-order valence-electron chi connectivity index (χ0n) is 12.4. The molecule has 1 saturated heterocycles. The van der Waals surface area contributed by atoms with Gasteiger partial charge in [-0.1, -0.05) is 31.0 Å². The van der Waals surface area contributed by atoms with Crippen LogP contribution in [0.2, 0.25) is 0 Å². The van der Waals surface area contributed by atoms with Crippen molar-refractivity contribution >= 4 is 23.5 Å². The van der Waals surface area contributed by atoms with Crippen LogP contribution >= 0.6 is 23.5 Å². The summed E-state index contributed by atoms with van der Waals surface area (Å²) in [7, 11) is 0. The minimum Gasteiger partial charge on any atom is -0.311 e. The van der Waals surface area contributed by atoms with Crippen molar-refractivity contribution in [2.45, 2.75) is 37.1 Å². The highest BCUT2D eigenvalue weighted by Gasteiger charge is 2.37.